The van der Waals surface area contributed by atoms with Crippen LogP contribution in [0.15, 0.2) is 168 Å². The van der Waals surface area contributed by atoms with Gasteiger partial charge in [-0.25, -0.2) is 0 Å². The van der Waals surface area contributed by atoms with Crippen LogP contribution in [0.2, 0.25) is 0 Å². The molecule has 0 amide bonds. The Kier molecular flexibility index (Phi) is 22.0. The van der Waals surface area contributed by atoms with Crippen LogP contribution in [0, 0.1) is 10.8 Å². The van der Waals surface area contributed by atoms with Crippen LogP contribution in [0.1, 0.15) is 147 Å². The highest BCUT2D eigenvalue weighted by atomic mass is 16.6. The van der Waals surface area contributed by atoms with Crippen LogP contribution in [0.4, 0.5) is 34.1 Å². The molecule has 17 heteroatoms. The van der Waals surface area contributed by atoms with Gasteiger partial charge >= 0.3 is 23.9 Å². The molecule has 4 aliphatic rings. The molecule has 0 bridgehead atoms. The number of nitrogens with zero attached hydrogens (tertiary/aromatic N) is 6. The Hall–Kier alpha value is -9.74. The number of rotatable bonds is 28. The summed E-state index contributed by atoms with van der Waals surface area (Å²) in [6.07, 6.45) is 3.28. The van der Waals surface area contributed by atoms with Gasteiger partial charge in [-0.1, -0.05) is 165 Å². The van der Waals surface area contributed by atoms with Crippen molar-refractivity contribution in [3.05, 3.63) is 169 Å². The van der Waals surface area contributed by atoms with Crippen molar-refractivity contribution in [3.8, 4) is 33.8 Å². The first-order chi connectivity index (χ1) is 50.2. The summed E-state index contributed by atoms with van der Waals surface area (Å²) in [6, 6.07) is 55.1. The van der Waals surface area contributed by atoms with Gasteiger partial charge in [-0.2, -0.15) is 0 Å². The van der Waals surface area contributed by atoms with Crippen molar-refractivity contribution in [3.63, 3.8) is 0 Å². The quantitative estimate of drug-likeness (QED) is 0.0335. The van der Waals surface area contributed by atoms with E-state index in [2.05, 4.69) is 260 Å². The van der Waals surface area contributed by atoms with Crippen LogP contribution in [0.5, 0.6) is 11.5 Å². The monoisotopic (exact) mass is 1420 g/mol. The Labute approximate surface area is 619 Å². The van der Waals surface area contributed by atoms with E-state index < -0.39 is 58.4 Å². The van der Waals surface area contributed by atoms with Crippen LogP contribution in [0.3, 0.4) is 0 Å². The molecule has 0 aliphatic carbocycles. The molecule has 0 fully saturated rings. The minimum absolute atomic E-state index is 0.0101. The normalized spacial score (nSPS) is 17.8. The molecule has 4 heterocycles. The molecule has 105 heavy (non-hydrogen) atoms. The first kappa shape index (κ1) is 75.0. The number of fused-ring (bicyclic) bond motifs is 8. The fourth-order valence-electron chi connectivity index (χ4n) is 15.3. The number of aliphatic imine (C=N–C) groups is 2. The van der Waals surface area contributed by atoms with E-state index in [0.29, 0.717) is 39.0 Å². The van der Waals surface area contributed by atoms with Gasteiger partial charge in [0.05, 0.1) is 75.2 Å². The van der Waals surface area contributed by atoms with Gasteiger partial charge in [-0.15, -0.1) is 0 Å². The molecule has 0 N–H and O–H groups in total. The molecule has 4 unspecified atom stereocenters. The highest BCUT2D eigenvalue weighted by molar-refractivity contribution is 6.07. The molecule has 0 aromatic heterocycles. The van der Waals surface area contributed by atoms with Gasteiger partial charge < -0.3 is 52.8 Å². The number of benzene rings is 8. The molecule has 0 saturated carbocycles. The zero-order valence-electron chi connectivity index (χ0n) is 63.8. The number of carbonyl (C=O) groups excluding carboxylic acids is 4. The Morgan fingerprint density at radius 2 is 0.819 bits per heavy atom. The fraction of sp³-hybridized carbons (Fsp3) is 0.432. The summed E-state index contributed by atoms with van der Waals surface area (Å²) < 4.78 is 43.2. The molecular formula is C88H104N6O11. The van der Waals surface area contributed by atoms with E-state index in [9.17, 15) is 19.2 Å². The summed E-state index contributed by atoms with van der Waals surface area (Å²) in [7, 11) is 0. The van der Waals surface area contributed by atoms with Crippen molar-refractivity contribution >= 4 is 92.0 Å². The molecule has 12 rings (SSSR count). The van der Waals surface area contributed by atoms with Crippen LogP contribution >= 0.6 is 0 Å². The number of likely N-dealkylation sites (N-methyl/N-ethyl adjacent to an activating group) is 2. The number of carbonyl (C=O) groups is 4. The van der Waals surface area contributed by atoms with E-state index in [1.54, 1.807) is 0 Å². The van der Waals surface area contributed by atoms with Crippen LogP contribution in [-0.4, -0.2) is 126 Å². The van der Waals surface area contributed by atoms with Crippen molar-refractivity contribution in [2.75, 3.05) is 85.3 Å². The third-order valence-electron chi connectivity index (χ3n) is 21.1. The van der Waals surface area contributed by atoms with Gasteiger partial charge in [0.1, 0.15) is 36.8 Å². The lowest BCUT2D eigenvalue weighted by molar-refractivity contribution is -0.159. The van der Waals surface area contributed by atoms with Gasteiger partial charge in [0.25, 0.3) is 0 Å². The predicted molar refractivity (Wildman–Crippen MR) is 422 cm³/mol. The maximum Gasteiger partial charge on any atom is 0.306 e. The average Bonchev–Trinajstić information content (AvgIpc) is 1.56. The zero-order chi connectivity index (χ0) is 74.6. The zero-order valence-corrected chi connectivity index (χ0v) is 63.8. The van der Waals surface area contributed by atoms with E-state index in [0.717, 1.165) is 91.1 Å². The lowest BCUT2D eigenvalue weighted by atomic mass is 9.77. The van der Waals surface area contributed by atoms with Gasteiger partial charge in [-0.05, 0) is 158 Å². The Morgan fingerprint density at radius 3 is 1.18 bits per heavy atom. The van der Waals surface area contributed by atoms with Gasteiger partial charge in [-0.3, -0.25) is 29.2 Å². The number of ether oxygens (including phenoxy) is 7. The summed E-state index contributed by atoms with van der Waals surface area (Å²) in [5.74, 6) is -0.521. The third-order valence-corrected chi connectivity index (χ3v) is 21.1. The first-order valence-electron chi connectivity index (χ1n) is 37.5. The maximum absolute atomic E-state index is 13.0. The molecule has 0 radical (unpaired) electrons. The number of anilines is 4. The average molecular weight is 1420 g/mol. The predicted octanol–water partition coefficient (Wildman–Crippen LogP) is 18.3. The summed E-state index contributed by atoms with van der Waals surface area (Å²) in [5, 5.41) is 4.13. The fourth-order valence-corrected chi connectivity index (χ4v) is 15.3. The number of hydrogen-bond acceptors (Lipinski definition) is 17. The Bertz CT molecular complexity index is 4270. The van der Waals surface area contributed by atoms with E-state index in [1.165, 1.54) is 22.5 Å². The molecule has 4 aliphatic heterocycles. The molecule has 4 atom stereocenters. The standard InChI is InChI=1S/C88H104N6O11/c1-15-63(102-79(97)45-43-77(95)100-49-47-91(17-3)61-39-35-59(36-40-61)69-51-73-81(67-29-21-19-27-65(67)69)104-87(55-89-73)85(11,12)71-31-23-25-33-75(71)93(87)57-83(5,6)7)53-99-54-64(16-2)103-80(98)46-44-78(96)101-50-48-92(18-4)62-41-37-60(38-42-62)70-52-74-82(68-30-22-20-28-66(68)70)105-88(56-90-74)86(13,14)72-32-24-26-34-76(72)94(88)58-84(8,9)10/h19-42,51-52,55-56,63-64H,15-18,43-50,53-54,57-58H2,1-14H3. The largest absolute Gasteiger partial charge is 0.464 e. The summed E-state index contributed by atoms with van der Waals surface area (Å²) >= 11 is 0. The minimum Gasteiger partial charge on any atom is -0.464 e. The molecule has 552 valence electrons. The van der Waals surface area contributed by atoms with Gasteiger partial charge in [0.2, 0.25) is 11.4 Å². The van der Waals surface area contributed by atoms with Crippen molar-refractivity contribution in [1.29, 1.82) is 0 Å². The summed E-state index contributed by atoms with van der Waals surface area (Å²) in [6.45, 7) is 34.7. The van der Waals surface area contributed by atoms with Crippen molar-refractivity contribution in [2.24, 2.45) is 20.8 Å². The third kappa shape index (κ3) is 15.4. The second-order valence-electron chi connectivity index (χ2n) is 31.6. The number of esters is 4. The van der Waals surface area contributed by atoms with E-state index >= 15 is 0 Å². The van der Waals surface area contributed by atoms with Crippen LogP contribution in [-0.2, 0) is 53.7 Å². The SMILES string of the molecule is CCC(COCC(CC)OC(=O)CCC(=O)OCCN(CC)c1ccc(-c2cc3c(c4ccccc24)OC2(C=N3)N(CC(C)(C)C)c3ccccc3C2(C)C)cc1)OC(=O)CCC(=O)OCCN(CC)c1ccc(-c2cc3c(c4ccccc24)OC2(C=N3)N(CC(C)(C)C)c3ccccc3C2(C)C)cc1. The Morgan fingerprint density at radius 1 is 0.467 bits per heavy atom. The van der Waals surface area contributed by atoms with E-state index in [-0.39, 0.29) is 62.9 Å². The van der Waals surface area contributed by atoms with Crippen molar-refractivity contribution < 1.29 is 52.3 Å². The molecular weight excluding hydrogens is 1320 g/mol. The van der Waals surface area contributed by atoms with Crippen LogP contribution in [0.25, 0.3) is 43.8 Å². The van der Waals surface area contributed by atoms with Crippen molar-refractivity contribution in [2.45, 2.75) is 170 Å². The van der Waals surface area contributed by atoms with E-state index in [1.807, 2.05) is 26.3 Å². The topological polar surface area (TPSA) is 171 Å². The molecule has 8 aromatic carbocycles. The van der Waals surface area contributed by atoms with Gasteiger partial charge in [0.15, 0.2) is 11.5 Å². The van der Waals surface area contributed by atoms with Gasteiger partial charge in [0, 0.05) is 59.7 Å². The highest BCUT2D eigenvalue weighted by Gasteiger charge is 2.62. The minimum atomic E-state index is -0.835. The van der Waals surface area contributed by atoms with Crippen LogP contribution < -0.4 is 29.1 Å². The first-order valence-corrected chi connectivity index (χ1v) is 37.5. The molecule has 8 aromatic rings. The second-order valence-corrected chi connectivity index (χ2v) is 31.6. The maximum atomic E-state index is 13.0. The smallest absolute Gasteiger partial charge is 0.306 e. The highest BCUT2D eigenvalue weighted by Crippen LogP contribution is 2.59. The molecule has 17 nitrogen and oxygen atoms in total. The molecule has 0 saturated heterocycles. The second kappa shape index (κ2) is 30.8. The number of para-hydroxylation sites is 2. The van der Waals surface area contributed by atoms with E-state index in [4.69, 9.17) is 43.1 Å². The molecule has 2 spiro atoms. The van der Waals surface area contributed by atoms with Crippen molar-refractivity contribution in [1.82, 2.24) is 0 Å². The summed E-state index contributed by atoms with van der Waals surface area (Å²) in [4.78, 5) is 71.4. The lowest BCUT2D eigenvalue weighted by Crippen LogP contribution is -2.63. The Balaban J connectivity index is 0.553. The lowest BCUT2D eigenvalue weighted by Gasteiger charge is -2.48. The number of hydrogen-bond donors (Lipinski definition) is 0. The summed E-state index contributed by atoms with van der Waals surface area (Å²) in [5.41, 5.74) is 10.0.